The predicted octanol–water partition coefficient (Wildman–Crippen LogP) is 1.69. The molecular weight excluding hydrogens is 230 g/mol. The van der Waals surface area contributed by atoms with E-state index in [4.69, 9.17) is 14.2 Å². The Labute approximate surface area is 109 Å². The normalized spacial score (nSPS) is 33.5. The van der Waals surface area contributed by atoms with Crippen molar-refractivity contribution < 1.29 is 14.2 Å². The molecule has 0 amide bonds. The fraction of sp³-hybridized carbons (Fsp3) is 1.00. The van der Waals surface area contributed by atoms with Crippen molar-refractivity contribution in [3.05, 3.63) is 0 Å². The van der Waals surface area contributed by atoms with E-state index in [-0.39, 0.29) is 11.9 Å². The highest BCUT2D eigenvalue weighted by Gasteiger charge is 2.44. The summed E-state index contributed by atoms with van der Waals surface area (Å²) in [5.41, 5.74) is 0.232. The average Bonchev–Trinajstić information content (AvgIpc) is 2.87. The monoisotopic (exact) mass is 255 g/mol. The molecule has 18 heavy (non-hydrogen) atoms. The lowest BCUT2D eigenvalue weighted by Gasteiger charge is -2.49. The van der Waals surface area contributed by atoms with Gasteiger partial charge in [0.1, 0.15) is 0 Å². The molecule has 0 aromatic carbocycles. The quantitative estimate of drug-likeness (QED) is 0.830. The van der Waals surface area contributed by atoms with Gasteiger partial charge in [-0.25, -0.2) is 0 Å². The number of ether oxygens (including phenoxy) is 3. The lowest BCUT2D eigenvalue weighted by Crippen LogP contribution is -2.50. The SMILES string of the molecule is CNC(CC1OCCO1)C1CCOC2(CCC2)C1. The summed E-state index contributed by atoms with van der Waals surface area (Å²) in [5, 5.41) is 3.47. The number of rotatable bonds is 4. The molecule has 3 aliphatic rings. The zero-order valence-electron chi connectivity index (χ0n) is 11.3. The maximum absolute atomic E-state index is 6.01. The molecule has 2 heterocycles. The highest BCUT2D eigenvalue weighted by molar-refractivity contribution is 4.96. The molecule has 0 aromatic rings. The van der Waals surface area contributed by atoms with Crippen LogP contribution < -0.4 is 5.32 Å². The maximum Gasteiger partial charge on any atom is 0.159 e. The molecular formula is C14H25NO3. The first-order valence-corrected chi connectivity index (χ1v) is 7.36. The lowest BCUT2D eigenvalue weighted by molar-refractivity contribution is -0.150. The van der Waals surface area contributed by atoms with E-state index >= 15 is 0 Å². The fourth-order valence-electron chi connectivity index (χ4n) is 3.63. The second-order valence-electron chi connectivity index (χ2n) is 5.94. The Morgan fingerprint density at radius 1 is 1.22 bits per heavy atom. The molecule has 2 unspecified atom stereocenters. The van der Waals surface area contributed by atoms with E-state index in [1.165, 1.54) is 32.1 Å². The van der Waals surface area contributed by atoms with Crippen LogP contribution in [0.4, 0.5) is 0 Å². The third kappa shape index (κ3) is 2.57. The molecule has 1 saturated carbocycles. The number of hydrogen-bond donors (Lipinski definition) is 1. The first kappa shape index (κ1) is 12.9. The van der Waals surface area contributed by atoms with Crippen molar-refractivity contribution in [2.45, 2.75) is 56.5 Å². The second kappa shape index (κ2) is 5.45. The van der Waals surface area contributed by atoms with Gasteiger partial charge >= 0.3 is 0 Å². The highest BCUT2D eigenvalue weighted by Crippen LogP contribution is 2.45. The maximum atomic E-state index is 6.01. The van der Waals surface area contributed by atoms with Crippen LogP contribution in [-0.2, 0) is 14.2 Å². The molecule has 104 valence electrons. The molecule has 2 saturated heterocycles. The highest BCUT2D eigenvalue weighted by atomic mass is 16.7. The summed E-state index contributed by atoms with van der Waals surface area (Å²) >= 11 is 0. The first-order valence-electron chi connectivity index (χ1n) is 7.36. The van der Waals surface area contributed by atoms with Crippen molar-refractivity contribution in [2.75, 3.05) is 26.9 Å². The van der Waals surface area contributed by atoms with Gasteiger partial charge in [-0.1, -0.05) is 0 Å². The van der Waals surface area contributed by atoms with Gasteiger partial charge in [-0.2, -0.15) is 0 Å². The molecule has 4 heteroatoms. The van der Waals surface area contributed by atoms with Gasteiger partial charge < -0.3 is 19.5 Å². The third-order valence-electron chi connectivity index (χ3n) is 4.87. The molecule has 0 radical (unpaired) electrons. The van der Waals surface area contributed by atoms with Gasteiger partial charge in [-0.15, -0.1) is 0 Å². The summed E-state index contributed by atoms with van der Waals surface area (Å²) < 4.78 is 17.2. The molecule has 1 N–H and O–H groups in total. The summed E-state index contributed by atoms with van der Waals surface area (Å²) in [4.78, 5) is 0. The first-order chi connectivity index (χ1) is 8.81. The van der Waals surface area contributed by atoms with Gasteiger partial charge in [0.05, 0.1) is 18.8 Å². The Balaban J connectivity index is 1.56. The van der Waals surface area contributed by atoms with E-state index < -0.39 is 0 Å². The molecule has 4 nitrogen and oxygen atoms in total. The van der Waals surface area contributed by atoms with E-state index in [1.807, 2.05) is 0 Å². The van der Waals surface area contributed by atoms with Crippen LogP contribution in [0.5, 0.6) is 0 Å². The largest absolute Gasteiger partial charge is 0.375 e. The van der Waals surface area contributed by atoms with E-state index in [0.29, 0.717) is 12.0 Å². The predicted molar refractivity (Wildman–Crippen MR) is 68.4 cm³/mol. The van der Waals surface area contributed by atoms with Crippen LogP contribution in [0.1, 0.15) is 38.5 Å². The minimum atomic E-state index is 0.00244. The summed E-state index contributed by atoms with van der Waals surface area (Å²) in [5.74, 6) is 0.705. The summed E-state index contributed by atoms with van der Waals surface area (Å²) in [6, 6.07) is 0.495. The van der Waals surface area contributed by atoms with Crippen molar-refractivity contribution in [2.24, 2.45) is 5.92 Å². The number of nitrogens with one attached hydrogen (secondary N) is 1. The molecule has 1 aliphatic carbocycles. The van der Waals surface area contributed by atoms with Crippen LogP contribution in [0.15, 0.2) is 0 Å². The van der Waals surface area contributed by atoms with Crippen molar-refractivity contribution in [3.63, 3.8) is 0 Å². The van der Waals surface area contributed by atoms with Gasteiger partial charge in [0.15, 0.2) is 6.29 Å². The summed E-state index contributed by atoms with van der Waals surface area (Å²) in [6.45, 7) is 2.42. The van der Waals surface area contributed by atoms with E-state index in [2.05, 4.69) is 12.4 Å². The molecule has 3 rings (SSSR count). The molecule has 0 aromatic heterocycles. The standard InChI is InChI=1S/C14H25NO3/c1-15-12(9-13-16-7-8-17-13)11-3-6-18-14(10-11)4-2-5-14/h11-13,15H,2-10H2,1H3. The summed E-state index contributed by atoms with van der Waals surface area (Å²) in [6.07, 6.45) is 7.21. The lowest BCUT2D eigenvalue weighted by atomic mass is 9.70. The van der Waals surface area contributed by atoms with E-state index in [1.54, 1.807) is 0 Å². The van der Waals surface area contributed by atoms with Crippen LogP contribution in [0.3, 0.4) is 0 Å². The van der Waals surface area contributed by atoms with Gasteiger partial charge in [-0.05, 0) is 45.1 Å². The van der Waals surface area contributed by atoms with Gasteiger partial charge in [0.2, 0.25) is 0 Å². The average molecular weight is 255 g/mol. The van der Waals surface area contributed by atoms with Crippen molar-refractivity contribution >= 4 is 0 Å². The van der Waals surface area contributed by atoms with Crippen LogP contribution in [0.2, 0.25) is 0 Å². The molecule has 1 spiro atoms. The molecule has 2 atom stereocenters. The Morgan fingerprint density at radius 2 is 2.00 bits per heavy atom. The Bertz CT molecular complexity index is 274. The minimum absolute atomic E-state index is 0.00244. The van der Waals surface area contributed by atoms with Crippen LogP contribution in [0, 0.1) is 5.92 Å². The Hall–Kier alpha value is -0.160. The third-order valence-corrected chi connectivity index (χ3v) is 4.87. The number of hydrogen-bond acceptors (Lipinski definition) is 4. The zero-order valence-corrected chi connectivity index (χ0v) is 11.3. The van der Waals surface area contributed by atoms with Crippen LogP contribution >= 0.6 is 0 Å². The topological polar surface area (TPSA) is 39.7 Å². The van der Waals surface area contributed by atoms with Crippen LogP contribution in [0.25, 0.3) is 0 Å². The molecule has 2 aliphatic heterocycles. The van der Waals surface area contributed by atoms with Crippen molar-refractivity contribution in [3.8, 4) is 0 Å². The van der Waals surface area contributed by atoms with Crippen molar-refractivity contribution in [1.82, 2.24) is 5.32 Å². The van der Waals surface area contributed by atoms with Crippen LogP contribution in [-0.4, -0.2) is 44.8 Å². The molecule has 0 bridgehead atoms. The van der Waals surface area contributed by atoms with E-state index in [9.17, 15) is 0 Å². The molecule has 3 fully saturated rings. The zero-order chi connectivity index (χ0) is 12.4. The van der Waals surface area contributed by atoms with Gasteiger partial charge in [-0.3, -0.25) is 0 Å². The van der Waals surface area contributed by atoms with Gasteiger partial charge in [0.25, 0.3) is 0 Å². The van der Waals surface area contributed by atoms with Gasteiger partial charge in [0, 0.05) is 19.1 Å². The van der Waals surface area contributed by atoms with E-state index in [0.717, 1.165) is 26.2 Å². The van der Waals surface area contributed by atoms with Crippen molar-refractivity contribution in [1.29, 1.82) is 0 Å². The fourth-order valence-corrected chi connectivity index (χ4v) is 3.63. The minimum Gasteiger partial charge on any atom is -0.375 e. The Kier molecular flexibility index (Phi) is 3.89. The Morgan fingerprint density at radius 3 is 2.61 bits per heavy atom. The smallest absolute Gasteiger partial charge is 0.159 e. The second-order valence-corrected chi connectivity index (χ2v) is 5.94. The summed E-state index contributed by atoms with van der Waals surface area (Å²) in [7, 11) is 2.06.